The predicted octanol–water partition coefficient (Wildman–Crippen LogP) is 1.36. The molecule has 2 aromatic rings. The average Bonchev–Trinajstić information content (AvgIpc) is 2.52. The van der Waals surface area contributed by atoms with E-state index in [1.165, 1.54) is 0 Å². The molecule has 13 nitrogen and oxygen atoms in total. The Morgan fingerprint density at radius 1 is 0.786 bits per heavy atom. The molecule has 0 fully saturated rings. The van der Waals surface area contributed by atoms with Crippen LogP contribution in [0.25, 0.3) is 0 Å². The lowest BCUT2D eigenvalue weighted by Gasteiger charge is -2.09. The maximum atomic E-state index is 11.4. The van der Waals surface area contributed by atoms with Crippen LogP contribution in [0.5, 0.6) is 5.75 Å². The maximum absolute atomic E-state index is 11.4. The minimum Gasteiger partial charge on any atom is -0.395 e. The summed E-state index contributed by atoms with van der Waals surface area (Å²) in [5.41, 5.74) is 4.33. The minimum absolute atomic E-state index is 0.0647. The first kappa shape index (κ1) is 21.7. The highest BCUT2D eigenvalue weighted by Gasteiger charge is 2.22. The van der Waals surface area contributed by atoms with Crippen molar-refractivity contribution in [3.63, 3.8) is 0 Å². The Labute approximate surface area is 158 Å². The zero-order valence-corrected chi connectivity index (χ0v) is 15.8. The summed E-state index contributed by atoms with van der Waals surface area (Å²) < 4.78 is 97.4. The fourth-order valence-electron chi connectivity index (χ4n) is 1.84. The van der Waals surface area contributed by atoms with Gasteiger partial charge in [-0.2, -0.15) is 35.5 Å². The highest BCUT2D eigenvalue weighted by atomic mass is 32.3. The summed E-state index contributed by atoms with van der Waals surface area (Å²) in [6, 6.07) is 5.91. The summed E-state index contributed by atoms with van der Waals surface area (Å²) in [4.78, 5) is -1.36. The number of hydrogen-bond acceptors (Lipinski definition) is 10. The van der Waals surface area contributed by atoms with Crippen molar-refractivity contribution in [1.82, 2.24) is 0 Å². The van der Waals surface area contributed by atoms with E-state index in [-0.39, 0.29) is 11.4 Å². The van der Waals surface area contributed by atoms with Crippen molar-refractivity contribution in [3.8, 4) is 5.75 Å². The van der Waals surface area contributed by atoms with Crippen molar-refractivity contribution < 1.29 is 43.1 Å². The molecular formula is C12H11N3O10S3. The summed E-state index contributed by atoms with van der Waals surface area (Å²) in [6.45, 7) is 0. The molecule has 16 heteroatoms. The maximum Gasteiger partial charge on any atom is 0.446 e. The van der Waals surface area contributed by atoms with Crippen LogP contribution >= 0.6 is 0 Å². The molecule has 28 heavy (non-hydrogen) atoms. The minimum atomic E-state index is -5.07. The molecule has 0 heterocycles. The highest BCUT2D eigenvalue weighted by Crippen LogP contribution is 2.35. The second kappa shape index (κ2) is 7.41. The quantitative estimate of drug-likeness (QED) is 0.277. The van der Waals surface area contributed by atoms with E-state index in [1.54, 1.807) is 0 Å². The molecule has 152 valence electrons. The third-order valence-corrected chi connectivity index (χ3v) is 5.13. The number of nitrogens with zero attached hydrogens (tertiary/aromatic N) is 2. The van der Waals surface area contributed by atoms with Crippen molar-refractivity contribution in [2.75, 3.05) is 5.73 Å². The van der Waals surface area contributed by atoms with Gasteiger partial charge in [-0.1, -0.05) is 0 Å². The first-order valence-corrected chi connectivity index (χ1v) is 11.0. The standard InChI is InChI=1S/C12H11N3O10S3/c13-12-10(25-28(22,23)24)5-8(6-11(12)27(19,20)21)15-14-7-1-3-9(4-2-7)26(16,17)18/h1-6H,13H2,(H,16,17,18)(H,19,20,21)(H,22,23,24). The lowest BCUT2D eigenvalue weighted by Crippen LogP contribution is -2.10. The van der Waals surface area contributed by atoms with Gasteiger partial charge in [0.25, 0.3) is 20.2 Å². The Hall–Kier alpha value is -2.63. The van der Waals surface area contributed by atoms with Crippen LogP contribution in [0.15, 0.2) is 56.4 Å². The van der Waals surface area contributed by atoms with Crippen LogP contribution in [0.2, 0.25) is 0 Å². The number of rotatable bonds is 6. The van der Waals surface area contributed by atoms with E-state index in [1.807, 2.05) is 0 Å². The molecule has 0 bridgehead atoms. The smallest absolute Gasteiger partial charge is 0.395 e. The predicted molar refractivity (Wildman–Crippen MR) is 93.3 cm³/mol. The van der Waals surface area contributed by atoms with Gasteiger partial charge in [0.1, 0.15) is 4.90 Å². The molecule has 2 rings (SSSR count). The summed E-state index contributed by atoms with van der Waals surface area (Å²) in [6.07, 6.45) is 0. The Balaban J connectivity index is 2.50. The van der Waals surface area contributed by atoms with E-state index in [0.717, 1.165) is 36.4 Å². The van der Waals surface area contributed by atoms with Crippen LogP contribution in [0, 0.1) is 0 Å². The Bertz CT molecular complexity index is 1250. The van der Waals surface area contributed by atoms with Crippen molar-refractivity contribution in [1.29, 1.82) is 0 Å². The van der Waals surface area contributed by atoms with Gasteiger partial charge in [0.15, 0.2) is 5.75 Å². The van der Waals surface area contributed by atoms with E-state index in [0.29, 0.717) is 0 Å². The molecule has 0 spiro atoms. The number of nitrogens with two attached hydrogens (primary N) is 1. The molecule has 0 unspecified atom stereocenters. The highest BCUT2D eigenvalue weighted by molar-refractivity contribution is 7.86. The summed E-state index contributed by atoms with van der Waals surface area (Å²) in [5, 5.41) is 7.25. The second-order valence-electron chi connectivity index (χ2n) is 5.01. The molecule has 0 saturated heterocycles. The molecule has 0 aliphatic heterocycles. The number of hydrogen-bond donors (Lipinski definition) is 4. The largest absolute Gasteiger partial charge is 0.446 e. The molecule has 0 atom stereocenters. The number of anilines is 1. The normalized spacial score (nSPS) is 13.0. The topological polar surface area (TPSA) is 223 Å². The Morgan fingerprint density at radius 2 is 1.32 bits per heavy atom. The van der Waals surface area contributed by atoms with Gasteiger partial charge in [-0.05, 0) is 30.3 Å². The summed E-state index contributed by atoms with van der Waals surface area (Å²) in [7, 11) is -14.4. The van der Waals surface area contributed by atoms with Gasteiger partial charge in [0, 0.05) is 6.07 Å². The van der Waals surface area contributed by atoms with Crippen LogP contribution in [-0.4, -0.2) is 38.9 Å². The summed E-state index contributed by atoms with van der Waals surface area (Å²) >= 11 is 0. The van der Waals surface area contributed by atoms with Crippen LogP contribution < -0.4 is 9.92 Å². The van der Waals surface area contributed by atoms with Gasteiger partial charge in [-0.3, -0.25) is 13.7 Å². The number of nitrogen functional groups attached to an aromatic ring is 1. The monoisotopic (exact) mass is 453 g/mol. The molecule has 2 aromatic carbocycles. The first-order valence-electron chi connectivity index (χ1n) is 6.74. The molecule has 0 radical (unpaired) electrons. The molecule has 0 saturated carbocycles. The number of azo groups is 1. The molecule has 0 aromatic heterocycles. The second-order valence-corrected chi connectivity index (χ2v) is 8.84. The van der Waals surface area contributed by atoms with Crippen LogP contribution in [0.3, 0.4) is 0 Å². The SMILES string of the molecule is Nc1c(OS(=O)(=O)O)cc(N=Nc2ccc(S(=O)(=O)O)cc2)cc1S(=O)(=O)O. The van der Waals surface area contributed by atoms with E-state index in [4.69, 9.17) is 14.8 Å². The Morgan fingerprint density at radius 3 is 1.79 bits per heavy atom. The number of benzene rings is 2. The third-order valence-electron chi connectivity index (χ3n) is 2.98. The van der Waals surface area contributed by atoms with Crippen molar-refractivity contribution >= 4 is 47.7 Å². The van der Waals surface area contributed by atoms with Gasteiger partial charge in [0.2, 0.25) is 0 Å². The van der Waals surface area contributed by atoms with Crippen LogP contribution in [-0.2, 0) is 30.6 Å². The first-order chi connectivity index (χ1) is 12.7. The van der Waals surface area contributed by atoms with Gasteiger partial charge in [0.05, 0.1) is 22.0 Å². The average molecular weight is 453 g/mol. The zero-order valence-electron chi connectivity index (χ0n) is 13.4. The van der Waals surface area contributed by atoms with Gasteiger partial charge < -0.3 is 9.92 Å². The lowest BCUT2D eigenvalue weighted by molar-refractivity contribution is 0.387. The lowest BCUT2D eigenvalue weighted by atomic mass is 10.2. The fourth-order valence-corrected chi connectivity index (χ4v) is 3.33. The Kier molecular flexibility index (Phi) is 5.74. The molecular weight excluding hydrogens is 442 g/mol. The van der Waals surface area contributed by atoms with Crippen molar-refractivity contribution in [2.24, 2.45) is 10.2 Å². The van der Waals surface area contributed by atoms with E-state index < -0.39 is 51.9 Å². The van der Waals surface area contributed by atoms with E-state index in [9.17, 15) is 29.8 Å². The van der Waals surface area contributed by atoms with Crippen molar-refractivity contribution in [2.45, 2.75) is 9.79 Å². The molecule has 0 aliphatic carbocycles. The van der Waals surface area contributed by atoms with E-state index >= 15 is 0 Å². The van der Waals surface area contributed by atoms with Crippen LogP contribution in [0.4, 0.5) is 17.1 Å². The summed E-state index contributed by atoms with van der Waals surface area (Å²) in [5.74, 6) is -0.840. The third kappa shape index (κ3) is 5.68. The van der Waals surface area contributed by atoms with Crippen molar-refractivity contribution in [3.05, 3.63) is 36.4 Å². The van der Waals surface area contributed by atoms with E-state index in [2.05, 4.69) is 14.4 Å². The molecule has 0 amide bonds. The van der Waals surface area contributed by atoms with Crippen LogP contribution in [0.1, 0.15) is 0 Å². The molecule has 5 N–H and O–H groups in total. The fraction of sp³-hybridized carbons (Fsp3) is 0. The zero-order chi connectivity index (χ0) is 21.3. The van der Waals surface area contributed by atoms with Gasteiger partial charge in [-0.15, -0.1) is 0 Å². The molecule has 0 aliphatic rings. The van der Waals surface area contributed by atoms with Gasteiger partial charge in [-0.25, -0.2) is 0 Å². The van der Waals surface area contributed by atoms with Gasteiger partial charge >= 0.3 is 10.4 Å².